The number of ketones is 1. The van der Waals surface area contributed by atoms with Gasteiger partial charge in [-0.05, 0) is 35.9 Å². The average molecular weight is 454 g/mol. The third-order valence-electron chi connectivity index (χ3n) is 4.54. The summed E-state index contributed by atoms with van der Waals surface area (Å²) in [6, 6.07) is 16.0. The third kappa shape index (κ3) is 4.98. The maximum absolute atomic E-state index is 12.9. The zero-order valence-corrected chi connectivity index (χ0v) is 17.5. The number of methoxy groups -OCH3 is 1. The highest BCUT2D eigenvalue weighted by atomic mass is 35.5. The Morgan fingerprint density at radius 2 is 1.53 bits per heavy atom. The van der Waals surface area contributed by atoms with Gasteiger partial charge in [-0.25, -0.2) is 9.59 Å². The Balaban J connectivity index is 1.79. The molecule has 0 saturated heterocycles. The van der Waals surface area contributed by atoms with Crippen LogP contribution in [0.2, 0.25) is 5.02 Å². The molecule has 0 aliphatic rings. The predicted molar refractivity (Wildman–Crippen MR) is 115 cm³/mol. The molecule has 0 atom stereocenters. The van der Waals surface area contributed by atoms with E-state index < -0.39 is 28.3 Å². The Labute approximate surface area is 187 Å². The van der Waals surface area contributed by atoms with Crippen LogP contribution in [0.3, 0.4) is 0 Å². The smallest absolute Gasteiger partial charge is 0.339 e. The minimum atomic E-state index is -0.741. The second-order valence-electron chi connectivity index (χ2n) is 6.56. The second-order valence-corrected chi connectivity index (χ2v) is 6.97. The molecule has 0 spiro atoms. The predicted octanol–water partition coefficient (Wildman–Crippen LogP) is 4.62. The number of hydrogen-bond acceptors (Lipinski definition) is 7. The zero-order valence-electron chi connectivity index (χ0n) is 16.7. The van der Waals surface area contributed by atoms with Crippen molar-refractivity contribution in [3.05, 3.63) is 110 Å². The molecule has 0 N–H and O–H groups in total. The van der Waals surface area contributed by atoms with Crippen LogP contribution in [0.15, 0.2) is 66.7 Å². The van der Waals surface area contributed by atoms with Crippen molar-refractivity contribution in [2.45, 2.75) is 6.61 Å². The van der Waals surface area contributed by atoms with Crippen LogP contribution >= 0.6 is 11.6 Å². The van der Waals surface area contributed by atoms with Crippen LogP contribution in [0.4, 0.5) is 5.69 Å². The van der Waals surface area contributed by atoms with Crippen molar-refractivity contribution in [3.63, 3.8) is 0 Å². The van der Waals surface area contributed by atoms with Crippen LogP contribution in [0.1, 0.15) is 42.2 Å². The van der Waals surface area contributed by atoms with E-state index in [-0.39, 0.29) is 28.3 Å². The molecule has 8 nitrogen and oxygen atoms in total. The van der Waals surface area contributed by atoms with E-state index in [4.69, 9.17) is 16.3 Å². The summed E-state index contributed by atoms with van der Waals surface area (Å²) in [6.07, 6.45) is 0. The van der Waals surface area contributed by atoms with E-state index in [1.165, 1.54) is 31.4 Å². The Bertz CT molecular complexity index is 1210. The van der Waals surface area contributed by atoms with Gasteiger partial charge < -0.3 is 9.47 Å². The first kappa shape index (κ1) is 22.6. The molecule has 9 heteroatoms. The molecule has 0 radical (unpaired) electrons. The topological polar surface area (TPSA) is 113 Å². The number of rotatable bonds is 7. The molecule has 0 aromatic heterocycles. The van der Waals surface area contributed by atoms with E-state index in [1.54, 1.807) is 36.4 Å². The van der Waals surface area contributed by atoms with Crippen LogP contribution in [0.5, 0.6) is 0 Å². The Kier molecular flexibility index (Phi) is 6.97. The highest BCUT2D eigenvalue weighted by Gasteiger charge is 2.22. The molecular formula is C23H16ClNO7. The summed E-state index contributed by atoms with van der Waals surface area (Å²) in [6.45, 7) is -0.0881. The molecule has 3 aromatic rings. The van der Waals surface area contributed by atoms with E-state index in [2.05, 4.69) is 4.74 Å². The summed E-state index contributed by atoms with van der Waals surface area (Å²) >= 11 is 5.81. The number of carbonyl (C=O) groups excluding carboxylic acids is 3. The lowest BCUT2D eigenvalue weighted by Gasteiger charge is -2.10. The summed E-state index contributed by atoms with van der Waals surface area (Å²) in [5.41, 5.74) is 0.642. The molecule has 162 valence electrons. The zero-order chi connectivity index (χ0) is 23.3. The first-order chi connectivity index (χ1) is 15.3. The number of halogens is 1. The quantitative estimate of drug-likeness (QED) is 0.222. The molecular weight excluding hydrogens is 438 g/mol. The minimum absolute atomic E-state index is 0.0137. The monoisotopic (exact) mass is 453 g/mol. The number of benzene rings is 3. The highest BCUT2D eigenvalue weighted by molar-refractivity contribution is 6.33. The molecule has 0 fully saturated rings. The van der Waals surface area contributed by atoms with E-state index in [9.17, 15) is 24.5 Å². The van der Waals surface area contributed by atoms with Crippen molar-refractivity contribution < 1.29 is 28.8 Å². The van der Waals surface area contributed by atoms with Crippen LogP contribution in [-0.2, 0) is 16.1 Å². The van der Waals surface area contributed by atoms with Crippen LogP contribution < -0.4 is 0 Å². The number of nitro benzene ring substituents is 1. The summed E-state index contributed by atoms with van der Waals surface area (Å²) < 4.78 is 9.94. The van der Waals surface area contributed by atoms with Crippen LogP contribution in [0, 0.1) is 10.1 Å². The van der Waals surface area contributed by atoms with Gasteiger partial charge in [-0.1, -0.05) is 41.9 Å². The fourth-order valence-corrected chi connectivity index (χ4v) is 3.08. The normalized spacial score (nSPS) is 10.3. The number of hydrogen-bond donors (Lipinski definition) is 0. The van der Waals surface area contributed by atoms with Crippen molar-refractivity contribution >= 4 is 35.0 Å². The molecule has 0 heterocycles. The Hall–Kier alpha value is -4.04. The summed E-state index contributed by atoms with van der Waals surface area (Å²) in [4.78, 5) is 47.5. The maximum atomic E-state index is 12.9. The summed E-state index contributed by atoms with van der Waals surface area (Å²) in [7, 11) is 1.28. The van der Waals surface area contributed by atoms with Crippen molar-refractivity contribution in [2.24, 2.45) is 0 Å². The average Bonchev–Trinajstić information content (AvgIpc) is 2.82. The molecule has 3 rings (SSSR count). The van der Waals surface area contributed by atoms with E-state index in [1.807, 2.05) is 0 Å². The van der Waals surface area contributed by atoms with E-state index in [0.29, 0.717) is 11.1 Å². The SMILES string of the molecule is COC(=O)c1ccc(COC(=O)c2ccccc2C(=O)c2ccc(Cl)c([N+](=O)[O-])c2)cc1. The minimum Gasteiger partial charge on any atom is -0.465 e. The molecule has 0 bridgehead atoms. The van der Waals surface area contributed by atoms with Gasteiger partial charge in [0.05, 0.1) is 23.2 Å². The molecule has 32 heavy (non-hydrogen) atoms. The van der Waals surface area contributed by atoms with Crippen molar-refractivity contribution in [1.82, 2.24) is 0 Å². The molecule has 0 aliphatic heterocycles. The summed E-state index contributed by atoms with van der Waals surface area (Å²) in [5, 5.41) is 11.0. The van der Waals surface area contributed by atoms with Crippen molar-refractivity contribution in [1.29, 1.82) is 0 Å². The fourth-order valence-electron chi connectivity index (χ4n) is 2.89. The van der Waals surface area contributed by atoms with Gasteiger partial charge in [0.2, 0.25) is 0 Å². The lowest BCUT2D eigenvalue weighted by Crippen LogP contribution is -2.13. The number of ether oxygens (including phenoxy) is 2. The van der Waals surface area contributed by atoms with Crippen molar-refractivity contribution in [3.8, 4) is 0 Å². The van der Waals surface area contributed by atoms with Gasteiger partial charge in [-0.2, -0.15) is 0 Å². The largest absolute Gasteiger partial charge is 0.465 e. The fraction of sp³-hybridized carbons (Fsp3) is 0.0870. The first-order valence-electron chi connectivity index (χ1n) is 9.24. The molecule has 0 amide bonds. The molecule has 0 unspecified atom stereocenters. The van der Waals surface area contributed by atoms with Gasteiger partial charge in [-0.15, -0.1) is 0 Å². The van der Waals surface area contributed by atoms with Gasteiger partial charge in [0.1, 0.15) is 11.6 Å². The van der Waals surface area contributed by atoms with Crippen LogP contribution in [-0.4, -0.2) is 29.8 Å². The summed E-state index contributed by atoms with van der Waals surface area (Å²) in [5.74, 6) is -1.81. The maximum Gasteiger partial charge on any atom is 0.339 e. The molecule has 3 aromatic carbocycles. The number of nitro groups is 1. The molecule has 0 saturated carbocycles. The Morgan fingerprint density at radius 3 is 2.16 bits per heavy atom. The first-order valence-corrected chi connectivity index (χ1v) is 9.61. The third-order valence-corrected chi connectivity index (χ3v) is 4.86. The highest BCUT2D eigenvalue weighted by Crippen LogP contribution is 2.27. The number of carbonyl (C=O) groups is 3. The lowest BCUT2D eigenvalue weighted by atomic mass is 9.98. The van der Waals surface area contributed by atoms with Gasteiger partial charge in [0.15, 0.2) is 5.78 Å². The van der Waals surface area contributed by atoms with Crippen LogP contribution in [0.25, 0.3) is 0 Å². The van der Waals surface area contributed by atoms with E-state index in [0.717, 1.165) is 6.07 Å². The standard InChI is InChI=1S/C23H16ClNO7/c1-31-22(27)15-8-6-14(7-9-15)13-32-23(28)18-5-3-2-4-17(18)21(26)16-10-11-19(24)20(12-16)25(29)30/h2-12H,13H2,1H3. The van der Waals surface area contributed by atoms with Gasteiger partial charge in [-0.3, -0.25) is 14.9 Å². The second kappa shape index (κ2) is 9.84. The van der Waals surface area contributed by atoms with Gasteiger partial charge in [0.25, 0.3) is 5.69 Å². The molecule has 0 aliphatic carbocycles. The Morgan fingerprint density at radius 1 is 0.906 bits per heavy atom. The van der Waals surface area contributed by atoms with Gasteiger partial charge in [0, 0.05) is 17.2 Å². The van der Waals surface area contributed by atoms with Crippen molar-refractivity contribution in [2.75, 3.05) is 7.11 Å². The number of esters is 2. The van der Waals surface area contributed by atoms with Gasteiger partial charge >= 0.3 is 11.9 Å². The van der Waals surface area contributed by atoms with E-state index >= 15 is 0 Å². The number of nitrogens with zero attached hydrogens (tertiary/aromatic N) is 1. The lowest BCUT2D eigenvalue weighted by molar-refractivity contribution is -0.384.